The number of hydrogen-bond acceptors (Lipinski definition) is 9. The van der Waals surface area contributed by atoms with E-state index in [1.54, 1.807) is 31.2 Å². The zero-order chi connectivity index (χ0) is 24.2. The first-order chi connectivity index (χ1) is 15.6. The zero-order valence-electron chi connectivity index (χ0n) is 18.6. The summed E-state index contributed by atoms with van der Waals surface area (Å²) in [6, 6.07) is 8.66. The van der Waals surface area contributed by atoms with E-state index < -0.39 is 17.6 Å². The Morgan fingerprint density at radius 3 is 2.85 bits per heavy atom. The topological polar surface area (TPSA) is 172 Å². The van der Waals surface area contributed by atoms with Gasteiger partial charge in [-0.3, -0.25) is 14.4 Å². The van der Waals surface area contributed by atoms with Crippen molar-refractivity contribution in [3.05, 3.63) is 35.4 Å². The predicted octanol–water partition coefficient (Wildman–Crippen LogP) is 0.933. The second-order valence-corrected chi connectivity index (χ2v) is 8.43. The van der Waals surface area contributed by atoms with E-state index in [0.29, 0.717) is 17.7 Å². The van der Waals surface area contributed by atoms with Crippen LogP contribution in [-0.2, 0) is 9.63 Å². The molecule has 5 N–H and O–H groups in total. The number of aromatic nitrogens is 2. The number of rotatable bonds is 8. The van der Waals surface area contributed by atoms with Gasteiger partial charge in [0.2, 0.25) is 11.8 Å². The second kappa shape index (κ2) is 9.81. The van der Waals surface area contributed by atoms with Gasteiger partial charge in [-0.15, -0.1) is 0 Å². The van der Waals surface area contributed by atoms with E-state index in [0.717, 1.165) is 0 Å². The van der Waals surface area contributed by atoms with Crippen LogP contribution in [0.25, 0.3) is 11.4 Å². The molecule has 11 nitrogen and oxygen atoms in total. The summed E-state index contributed by atoms with van der Waals surface area (Å²) in [7, 11) is 0. The highest BCUT2D eigenvalue weighted by molar-refractivity contribution is 6.00. The molecule has 2 aromatic rings. The van der Waals surface area contributed by atoms with Crippen LogP contribution >= 0.6 is 0 Å². The fourth-order valence-corrected chi connectivity index (χ4v) is 3.17. The number of carbonyl (C=O) groups excluding carboxylic acids is 2. The molecule has 1 aromatic heterocycles. The van der Waals surface area contributed by atoms with Gasteiger partial charge < -0.3 is 20.9 Å². The Hall–Kier alpha value is -3.75. The molecule has 1 aliphatic rings. The lowest BCUT2D eigenvalue weighted by Crippen LogP contribution is -2.34. The van der Waals surface area contributed by atoms with Crippen LogP contribution < -0.4 is 21.3 Å². The fourth-order valence-electron chi connectivity index (χ4n) is 3.17. The third-order valence-corrected chi connectivity index (χ3v) is 4.94. The van der Waals surface area contributed by atoms with Crippen LogP contribution in [0.3, 0.4) is 0 Å². The molecule has 0 bridgehead atoms. The Morgan fingerprint density at radius 2 is 2.21 bits per heavy atom. The van der Waals surface area contributed by atoms with Gasteiger partial charge in [-0.2, -0.15) is 10.2 Å². The molecule has 33 heavy (non-hydrogen) atoms. The molecule has 1 saturated heterocycles. The zero-order valence-corrected chi connectivity index (χ0v) is 18.6. The first-order valence-corrected chi connectivity index (χ1v) is 10.3. The number of ether oxygens (including phenoxy) is 1. The standard InChI is InChI=1S/C22H26N6O5/c1-12(15-8-16(29)25-10-15)33-21-17(20(30)28-32-11-22(2,3)31)18(24)26-19(27-21)14-6-4-5-13(7-14)9-23/h4-7,12,15,31H,8,10-11H2,1-3H3,(H,25,29)(H,28,30)(H2,24,26,27)/t12?,15-/m1/s1. The molecule has 0 saturated carbocycles. The van der Waals surface area contributed by atoms with Crippen LogP contribution in [-0.4, -0.2) is 51.7 Å². The van der Waals surface area contributed by atoms with E-state index in [9.17, 15) is 20.0 Å². The molecule has 0 spiro atoms. The molecule has 0 radical (unpaired) electrons. The van der Waals surface area contributed by atoms with Gasteiger partial charge in [0.25, 0.3) is 5.91 Å². The third kappa shape index (κ3) is 6.15. The number of carbonyl (C=O) groups is 2. The van der Waals surface area contributed by atoms with Crippen molar-refractivity contribution in [3.63, 3.8) is 0 Å². The lowest BCUT2D eigenvalue weighted by molar-refractivity contribution is -0.119. The number of aliphatic hydroxyl groups is 1. The van der Waals surface area contributed by atoms with Crippen molar-refractivity contribution in [1.29, 1.82) is 5.26 Å². The summed E-state index contributed by atoms with van der Waals surface area (Å²) in [4.78, 5) is 38.1. The molecular formula is C22H26N6O5. The average molecular weight is 454 g/mol. The lowest BCUT2D eigenvalue weighted by atomic mass is 10.0. The molecular weight excluding hydrogens is 428 g/mol. The number of nitrogens with zero attached hydrogens (tertiary/aromatic N) is 3. The minimum absolute atomic E-state index is 0.0790. The van der Waals surface area contributed by atoms with Gasteiger partial charge in [0.05, 0.1) is 17.2 Å². The quantitative estimate of drug-likeness (QED) is 0.423. The third-order valence-electron chi connectivity index (χ3n) is 4.94. The Morgan fingerprint density at radius 1 is 1.45 bits per heavy atom. The molecule has 3 rings (SSSR count). The molecule has 174 valence electrons. The normalized spacial score (nSPS) is 16.6. The molecule has 2 heterocycles. The van der Waals surface area contributed by atoms with Crippen molar-refractivity contribution in [2.75, 3.05) is 18.9 Å². The number of benzene rings is 1. The fraction of sp³-hybridized carbons (Fsp3) is 0.409. The average Bonchev–Trinajstić information content (AvgIpc) is 3.19. The number of nitrogens with one attached hydrogen (secondary N) is 2. The minimum atomic E-state index is -1.17. The maximum absolute atomic E-state index is 12.8. The monoisotopic (exact) mass is 454 g/mol. The number of hydroxylamine groups is 1. The number of nitriles is 1. The van der Waals surface area contributed by atoms with E-state index in [1.165, 1.54) is 13.8 Å². The van der Waals surface area contributed by atoms with Crippen LogP contribution in [0.15, 0.2) is 24.3 Å². The Labute approximate surface area is 190 Å². The molecule has 2 atom stereocenters. The van der Waals surface area contributed by atoms with Crippen LogP contribution in [0, 0.1) is 17.2 Å². The number of anilines is 1. The largest absolute Gasteiger partial charge is 0.474 e. The molecule has 1 fully saturated rings. The van der Waals surface area contributed by atoms with Gasteiger partial charge in [-0.05, 0) is 32.9 Å². The molecule has 1 unspecified atom stereocenters. The highest BCUT2D eigenvalue weighted by Gasteiger charge is 2.31. The van der Waals surface area contributed by atoms with Gasteiger partial charge >= 0.3 is 0 Å². The lowest BCUT2D eigenvalue weighted by Gasteiger charge is -2.22. The molecule has 1 aliphatic heterocycles. The summed E-state index contributed by atoms with van der Waals surface area (Å²) < 4.78 is 5.99. The van der Waals surface area contributed by atoms with Gasteiger partial charge in [-0.25, -0.2) is 10.5 Å². The maximum atomic E-state index is 12.8. The summed E-state index contributed by atoms with van der Waals surface area (Å²) in [5, 5.41) is 21.7. The van der Waals surface area contributed by atoms with Crippen molar-refractivity contribution in [2.24, 2.45) is 5.92 Å². The number of amides is 2. The Balaban J connectivity index is 1.95. The second-order valence-electron chi connectivity index (χ2n) is 8.43. The SMILES string of the molecule is CC(Oc1nc(-c2cccc(C#N)c2)nc(N)c1C(=O)NOCC(C)(C)O)[C@H]1CNC(=O)C1. The van der Waals surface area contributed by atoms with Crippen LogP contribution in [0.4, 0.5) is 5.82 Å². The molecule has 0 aliphatic carbocycles. The summed E-state index contributed by atoms with van der Waals surface area (Å²) in [6.07, 6.45) is -0.185. The summed E-state index contributed by atoms with van der Waals surface area (Å²) in [6.45, 7) is 5.09. The maximum Gasteiger partial charge on any atom is 0.284 e. The predicted molar refractivity (Wildman–Crippen MR) is 118 cm³/mol. The van der Waals surface area contributed by atoms with Crippen molar-refractivity contribution in [3.8, 4) is 23.3 Å². The number of nitrogen functional groups attached to an aromatic ring is 1. The van der Waals surface area contributed by atoms with Gasteiger partial charge in [0, 0.05) is 24.4 Å². The van der Waals surface area contributed by atoms with Gasteiger partial charge in [0.15, 0.2) is 5.82 Å². The Kier molecular flexibility index (Phi) is 7.10. The van der Waals surface area contributed by atoms with E-state index in [2.05, 4.69) is 20.8 Å². The minimum Gasteiger partial charge on any atom is -0.474 e. The summed E-state index contributed by atoms with van der Waals surface area (Å²) >= 11 is 0. The summed E-state index contributed by atoms with van der Waals surface area (Å²) in [5.41, 5.74) is 7.94. The van der Waals surface area contributed by atoms with Crippen LogP contribution in [0.1, 0.15) is 43.1 Å². The van der Waals surface area contributed by atoms with Crippen LogP contribution in [0.5, 0.6) is 5.88 Å². The highest BCUT2D eigenvalue weighted by Crippen LogP contribution is 2.29. The first-order valence-electron chi connectivity index (χ1n) is 10.3. The smallest absolute Gasteiger partial charge is 0.284 e. The van der Waals surface area contributed by atoms with E-state index >= 15 is 0 Å². The van der Waals surface area contributed by atoms with Gasteiger partial charge in [0.1, 0.15) is 24.1 Å². The van der Waals surface area contributed by atoms with Crippen molar-refractivity contribution in [2.45, 2.75) is 38.9 Å². The van der Waals surface area contributed by atoms with E-state index in [1.807, 2.05) is 6.07 Å². The molecule has 1 aromatic carbocycles. The highest BCUT2D eigenvalue weighted by atomic mass is 16.7. The first kappa shape index (κ1) is 23.9. The van der Waals surface area contributed by atoms with Crippen molar-refractivity contribution >= 4 is 17.6 Å². The molecule has 11 heteroatoms. The Bertz CT molecular complexity index is 1090. The van der Waals surface area contributed by atoms with E-state index in [4.69, 9.17) is 15.3 Å². The van der Waals surface area contributed by atoms with Gasteiger partial charge in [-0.1, -0.05) is 12.1 Å². The van der Waals surface area contributed by atoms with E-state index in [-0.39, 0.29) is 47.9 Å². The number of hydrogen-bond donors (Lipinski definition) is 4. The summed E-state index contributed by atoms with van der Waals surface area (Å²) in [5.74, 6) is -1.03. The van der Waals surface area contributed by atoms with Crippen molar-refractivity contribution < 1.29 is 24.3 Å². The van der Waals surface area contributed by atoms with Crippen LogP contribution in [0.2, 0.25) is 0 Å². The van der Waals surface area contributed by atoms with Crippen molar-refractivity contribution in [1.82, 2.24) is 20.8 Å². The molecule has 2 amide bonds. The number of nitrogens with two attached hydrogens (primary N) is 1.